The molecular weight excluding hydrogens is 202 g/mol. The molecule has 1 aromatic heterocycles. The van der Waals surface area contributed by atoms with Crippen molar-refractivity contribution >= 4 is 0 Å². The molecule has 2 aliphatic heterocycles. The van der Waals surface area contributed by atoms with Crippen molar-refractivity contribution < 1.29 is 4.74 Å². The fourth-order valence-corrected chi connectivity index (χ4v) is 2.74. The average molecular weight is 221 g/mol. The highest BCUT2D eigenvalue weighted by atomic mass is 16.5. The van der Waals surface area contributed by atoms with Gasteiger partial charge in [-0.15, -0.1) is 0 Å². The third-order valence-corrected chi connectivity index (χ3v) is 3.59. The van der Waals surface area contributed by atoms with Gasteiger partial charge in [0.1, 0.15) is 5.82 Å². The number of hydrogen-bond acceptors (Lipinski definition) is 3. The second-order valence-electron chi connectivity index (χ2n) is 4.72. The van der Waals surface area contributed by atoms with Gasteiger partial charge in [-0.1, -0.05) is 0 Å². The molecule has 0 amide bonds. The number of hydrogen-bond donors (Lipinski definition) is 1. The summed E-state index contributed by atoms with van der Waals surface area (Å²) >= 11 is 0. The Morgan fingerprint density at radius 2 is 2.50 bits per heavy atom. The summed E-state index contributed by atoms with van der Waals surface area (Å²) in [7, 11) is 0. The molecule has 1 saturated heterocycles. The van der Waals surface area contributed by atoms with Crippen LogP contribution in [0.5, 0.6) is 0 Å². The molecular formula is C12H19N3O. The smallest absolute Gasteiger partial charge is 0.106 e. The molecule has 0 radical (unpaired) electrons. The molecule has 3 heterocycles. The van der Waals surface area contributed by atoms with E-state index in [2.05, 4.69) is 21.8 Å². The maximum atomic E-state index is 5.71. The lowest BCUT2D eigenvalue weighted by atomic mass is 10.1. The number of ether oxygens (including phenoxy) is 1. The van der Waals surface area contributed by atoms with Gasteiger partial charge in [0.15, 0.2) is 0 Å². The predicted octanol–water partition coefficient (Wildman–Crippen LogP) is 1.02. The zero-order valence-electron chi connectivity index (χ0n) is 9.83. The summed E-state index contributed by atoms with van der Waals surface area (Å²) in [5.74, 6) is 1.14. The Morgan fingerprint density at radius 1 is 1.56 bits per heavy atom. The minimum atomic E-state index is 0.409. The molecule has 2 aliphatic rings. The first kappa shape index (κ1) is 10.3. The quantitative estimate of drug-likeness (QED) is 0.810. The van der Waals surface area contributed by atoms with Crippen LogP contribution >= 0.6 is 0 Å². The summed E-state index contributed by atoms with van der Waals surface area (Å²) in [5.41, 5.74) is 2.66. The lowest BCUT2D eigenvalue weighted by molar-refractivity contribution is 0.0957. The van der Waals surface area contributed by atoms with E-state index in [-0.39, 0.29) is 0 Å². The molecule has 4 nitrogen and oxygen atoms in total. The number of aromatic nitrogens is 2. The van der Waals surface area contributed by atoms with Crippen LogP contribution in [0.3, 0.4) is 0 Å². The van der Waals surface area contributed by atoms with Gasteiger partial charge in [-0.3, -0.25) is 0 Å². The number of imidazole rings is 1. The molecule has 4 heteroatoms. The molecule has 1 aromatic rings. The minimum Gasteiger partial charge on any atom is -0.376 e. The maximum Gasteiger partial charge on any atom is 0.106 e. The van der Waals surface area contributed by atoms with Gasteiger partial charge in [0, 0.05) is 31.8 Å². The van der Waals surface area contributed by atoms with Crippen LogP contribution in [-0.2, 0) is 24.2 Å². The SMILES string of the molecule is Cc1nc2c(n1CC1CCCO1)CCNC2. The van der Waals surface area contributed by atoms with E-state index in [4.69, 9.17) is 4.74 Å². The first-order valence-corrected chi connectivity index (χ1v) is 6.22. The monoisotopic (exact) mass is 221 g/mol. The third-order valence-electron chi connectivity index (χ3n) is 3.59. The normalized spacial score (nSPS) is 24.7. The van der Waals surface area contributed by atoms with Crippen molar-refractivity contribution in [1.82, 2.24) is 14.9 Å². The Labute approximate surface area is 96.0 Å². The number of aryl methyl sites for hydroxylation is 1. The fourth-order valence-electron chi connectivity index (χ4n) is 2.74. The lowest BCUT2D eigenvalue weighted by Gasteiger charge is -2.18. The van der Waals surface area contributed by atoms with Crippen molar-refractivity contribution in [2.24, 2.45) is 0 Å². The van der Waals surface area contributed by atoms with Crippen molar-refractivity contribution in [3.05, 3.63) is 17.2 Å². The van der Waals surface area contributed by atoms with Gasteiger partial charge in [0.25, 0.3) is 0 Å². The Kier molecular flexibility index (Phi) is 2.69. The second-order valence-corrected chi connectivity index (χ2v) is 4.72. The Balaban J connectivity index is 1.84. The van der Waals surface area contributed by atoms with Crippen LogP contribution in [-0.4, -0.2) is 28.8 Å². The van der Waals surface area contributed by atoms with Crippen LogP contribution < -0.4 is 5.32 Å². The van der Waals surface area contributed by atoms with Gasteiger partial charge in [0.05, 0.1) is 18.3 Å². The number of rotatable bonds is 2. The highest BCUT2D eigenvalue weighted by molar-refractivity contribution is 5.20. The highest BCUT2D eigenvalue weighted by Crippen LogP contribution is 2.20. The third kappa shape index (κ3) is 1.76. The van der Waals surface area contributed by atoms with Crippen LogP contribution in [0.2, 0.25) is 0 Å². The van der Waals surface area contributed by atoms with Gasteiger partial charge in [-0.25, -0.2) is 4.98 Å². The van der Waals surface area contributed by atoms with E-state index >= 15 is 0 Å². The van der Waals surface area contributed by atoms with E-state index in [1.807, 2.05) is 0 Å². The first-order chi connectivity index (χ1) is 7.84. The summed E-state index contributed by atoms with van der Waals surface area (Å²) in [5, 5.41) is 3.37. The van der Waals surface area contributed by atoms with Crippen molar-refractivity contribution in [2.45, 2.75) is 45.4 Å². The van der Waals surface area contributed by atoms with E-state index in [0.717, 1.165) is 38.5 Å². The van der Waals surface area contributed by atoms with E-state index < -0.39 is 0 Å². The maximum absolute atomic E-state index is 5.71. The molecule has 1 fully saturated rings. The van der Waals surface area contributed by atoms with Crippen LogP contribution in [0.15, 0.2) is 0 Å². The number of fused-ring (bicyclic) bond motifs is 1. The zero-order chi connectivity index (χ0) is 11.0. The van der Waals surface area contributed by atoms with Gasteiger partial charge >= 0.3 is 0 Å². The molecule has 3 rings (SSSR count). The van der Waals surface area contributed by atoms with Crippen LogP contribution in [0.1, 0.15) is 30.1 Å². The Hall–Kier alpha value is -0.870. The Morgan fingerprint density at radius 3 is 3.31 bits per heavy atom. The highest BCUT2D eigenvalue weighted by Gasteiger charge is 2.22. The molecule has 16 heavy (non-hydrogen) atoms. The van der Waals surface area contributed by atoms with E-state index in [9.17, 15) is 0 Å². The molecule has 0 aromatic carbocycles. The van der Waals surface area contributed by atoms with Crippen molar-refractivity contribution in [3.63, 3.8) is 0 Å². The van der Waals surface area contributed by atoms with Gasteiger partial charge in [-0.05, 0) is 19.8 Å². The Bertz CT molecular complexity index is 380. The summed E-state index contributed by atoms with van der Waals surface area (Å²) in [6.45, 7) is 6.03. The first-order valence-electron chi connectivity index (χ1n) is 6.22. The summed E-state index contributed by atoms with van der Waals surface area (Å²) < 4.78 is 8.08. The number of nitrogens with one attached hydrogen (secondary N) is 1. The van der Waals surface area contributed by atoms with Crippen molar-refractivity contribution in [1.29, 1.82) is 0 Å². The summed E-state index contributed by atoms with van der Waals surface area (Å²) in [6.07, 6.45) is 3.92. The molecule has 0 spiro atoms. The molecule has 1 unspecified atom stereocenters. The average Bonchev–Trinajstić information content (AvgIpc) is 2.89. The molecule has 0 bridgehead atoms. The van der Waals surface area contributed by atoms with Gasteiger partial charge in [-0.2, -0.15) is 0 Å². The van der Waals surface area contributed by atoms with Crippen molar-refractivity contribution in [3.8, 4) is 0 Å². The molecule has 1 N–H and O–H groups in total. The van der Waals surface area contributed by atoms with Crippen molar-refractivity contribution in [2.75, 3.05) is 13.2 Å². The van der Waals surface area contributed by atoms with Gasteiger partial charge < -0.3 is 14.6 Å². The molecule has 1 atom stereocenters. The van der Waals surface area contributed by atoms with E-state index in [1.165, 1.54) is 24.2 Å². The summed E-state index contributed by atoms with van der Waals surface area (Å²) in [6, 6.07) is 0. The number of nitrogens with zero attached hydrogens (tertiary/aromatic N) is 2. The van der Waals surface area contributed by atoms with Gasteiger partial charge in [0.2, 0.25) is 0 Å². The lowest BCUT2D eigenvalue weighted by Crippen LogP contribution is -2.26. The topological polar surface area (TPSA) is 39.1 Å². The van der Waals surface area contributed by atoms with Crippen LogP contribution in [0, 0.1) is 6.92 Å². The largest absolute Gasteiger partial charge is 0.376 e. The fraction of sp³-hybridized carbons (Fsp3) is 0.750. The van der Waals surface area contributed by atoms with E-state index in [0.29, 0.717) is 6.10 Å². The minimum absolute atomic E-state index is 0.409. The van der Waals surface area contributed by atoms with Crippen LogP contribution in [0.25, 0.3) is 0 Å². The predicted molar refractivity (Wildman–Crippen MR) is 61.3 cm³/mol. The van der Waals surface area contributed by atoms with E-state index in [1.54, 1.807) is 0 Å². The van der Waals surface area contributed by atoms with Crippen LogP contribution in [0.4, 0.5) is 0 Å². The summed E-state index contributed by atoms with van der Waals surface area (Å²) in [4.78, 5) is 4.64. The zero-order valence-corrected chi connectivity index (χ0v) is 9.83. The second kappa shape index (κ2) is 4.18. The standard InChI is InChI=1S/C12H19N3O/c1-9-14-11-7-13-5-4-12(11)15(9)8-10-3-2-6-16-10/h10,13H,2-8H2,1H3. The molecule has 0 saturated carbocycles. The molecule has 0 aliphatic carbocycles. The molecule has 88 valence electrons.